The van der Waals surface area contributed by atoms with Crippen molar-refractivity contribution in [2.75, 3.05) is 0 Å². The average molecular weight is 2030 g/mol. The average Bonchev–Trinajstić information content (AvgIpc) is 0.745. The van der Waals surface area contributed by atoms with Gasteiger partial charge in [0.05, 0.1) is 0 Å². The number of carbonyl (C=O) groups is 1. The van der Waals surface area contributed by atoms with Crippen molar-refractivity contribution >= 4 is 5.97 Å². The Kier molecular flexibility index (Phi) is 52.6. The van der Waals surface area contributed by atoms with Crippen LogP contribution in [0.25, 0.3) is 0 Å². The van der Waals surface area contributed by atoms with Gasteiger partial charge in [-0.1, -0.05) is 444 Å². The highest BCUT2D eigenvalue weighted by Gasteiger charge is 2.38. The molecular formula is C135H180O14. The van der Waals surface area contributed by atoms with Crippen molar-refractivity contribution < 1.29 is 71.2 Å². The number of rotatable bonds is 36. The van der Waals surface area contributed by atoms with Crippen LogP contribution in [0, 0.1) is 0 Å². The van der Waals surface area contributed by atoms with Gasteiger partial charge in [-0.3, -0.25) is 4.79 Å². The fourth-order valence-corrected chi connectivity index (χ4v) is 19.3. The summed E-state index contributed by atoms with van der Waals surface area (Å²) in [6.07, 6.45) is 23.9. The maximum atomic E-state index is 10.9. The second-order valence-corrected chi connectivity index (χ2v) is 41.5. The molecule has 0 saturated carbocycles. The summed E-state index contributed by atoms with van der Waals surface area (Å²) in [5.74, 6) is 2.43. The van der Waals surface area contributed by atoms with Gasteiger partial charge in [-0.2, -0.15) is 0 Å². The van der Waals surface area contributed by atoms with Crippen LogP contribution in [0.2, 0.25) is 0 Å². The van der Waals surface area contributed by atoms with Gasteiger partial charge in [0.2, 0.25) is 0 Å². The molecule has 14 heteroatoms. The summed E-state index contributed by atoms with van der Waals surface area (Å²) in [6, 6.07) is 106. The molecular weight excluding hydrogens is 1850 g/mol. The zero-order chi connectivity index (χ0) is 104. The number of phenolic OH excluding ortho intramolecular Hbond substituents is 12. The van der Waals surface area contributed by atoms with Gasteiger partial charge in [0, 0.05) is 38.9 Å². The molecule has 14 aromatic carbocycles. The fraction of sp³-hybridized carbons (Fsp3) is 0.370. The first-order chi connectivity index (χ1) is 68.0. The Hall–Kier alpha value is -13.9. The van der Waals surface area contributed by atoms with Crippen LogP contribution in [-0.2, 0) is 48.1 Å². The number of hydrogen-bond acceptors (Lipinski definition) is 13. The summed E-state index contributed by atoms with van der Waals surface area (Å²) in [7, 11) is 0. The molecule has 0 unspecified atom stereocenters. The number of hydrogen-bond donors (Lipinski definition) is 13. The summed E-state index contributed by atoms with van der Waals surface area (Å²) in [4.78, 5) is 10.9. The van der Waals surface area contributed by atoms with Crippen molar-refractivity contribution in [1.29, 1.82) is 0 Å². The molecule has 0 saturated heterocycles. The molecule has 0 aliphatic heterocycles. The van der Waals surface area contributed by atoms with E-state index in [1.165, 1.54) is 142 Å². The minimum Gasteiger partial charge on any atom is -0.508 e. The molecule has 0 amide bonds. The van der Waals surface area contributed by atoms with E-state index in [0.29, 0.717) is 52.4 Å². The fourth-order valence-electron chi connectivity index (χ4n) is 19.3. The van der Waals surface area contributed by atoms with E-state index in [1.54, 1.807) is 146 Å². The van der Waals surface area contributed by atoms with Gasteiger partial charge in [-0.15, -0.1) is 0 Å². The molecule has 0 aliphatic carbocycles. The highest BCUT2D eigenvalue weighted by Crippen LogP contribution is 2.49. The van der Waals surface area contributed by atoms with Gasteiger partial charge in [0.25, 0.3) is 0 Å². The number of phenols is 12. The first kappa shape index (κ1) is 129. The van der Waals surface area contributed by atoms with Crippen molar-refractivity contribution in [2.24, 2.45) is 0 Å². The van der Waals surface area contributed by atoms with E-state index in [2.05, 4.69) is 145 Å². The number of aliphatic carboxylic acids is 1. The SMILES string of the molecule is C.C.C.C.C.C.CC(C)(C)c1cc(C(C)(c2ccccc2)c2ccc(O)c(C(C)(C)C)c2)ccc1O.CC(CCC(=O)O)(c1ccc(O)cc1)c1ccc(O)cc1.CC(c1ccccc1)(c1ccc(O)cc1)c1ccc(O)cc1.CCCCCCCC(C)(c1ccc(O)cc1)c1ccc(O)cc1.CCCCCCCC(C)(c1ccc(O)cc1)c1ccc(O)cc1.CCCCCCCCC(C)(c1ccc(O)cc1)c1ccc(O)cc1. The van der Waals surface area contributed by atoms with Crippen LogP contribution in [-0.4, -0.2) is 72.4 Å². The smallest absolute Gasteiger partial charge is 0.303 e. The van der Waals surface area contributed by atoms with Crippen LogP contribution in [0.1, 0.15) is 372 Å². The maximum Gasteiger partial charge on any atom is 0.303 e. The highest BCUT2D eigenvalue weighted by atomic mass is 16.4. The molecule has 0 aromatic heterocycles. The maximum absolute atomic E-state index is 10.9. The number of carboxylic acid groups (broad SMARTS) is 1. The van der Waals surface area contributed by atoms with Crippen LogP contribution in [0.4, 0.5) is 0 Å². The Morgan fingerprint density at radius 3 is 0.544 bits per heavy atom. The van der Waals surface area contributed by atoms with Crippen molar-refractivity contribution in [2.45, 2.75) is 327 Å². The van der Waals surface area contributed by atoms with E-state index >= 15 is 0 Å². The van der Waals surface area contributed by atoms with Crippen molar-refractivity contribution in [3.05, 3.63) is 429 Å². The molecule has 14 nitrogen and oxygen atoms in total. The monoisotopic (exact) mass is 2030 g/mol. The molecule has 0 radical (unpaired) electrons. The van der Waals surface area contributed by atoms with Crippen LogP contribution < -0.4 is 0 Å². The normalized spacial score (nSPS) is 11.3. The summed E-state index contributed by atoms with van der Waals surface area (Å²) in [5.41, 5.74) is 15.7. The van der Waals surface area contributed by atoms with E-state index in [1.807, 2.05) is 153 Å². The number of benzene rings is 14. The van der Waals surface area contributed by atoms with Crippen molar-refractivity contribution in [3.63, 3.8) is 0 Å². The van der Waals surface area contributed by atoms with E-state index in [0.717, 1.165) is 69.3 Å². The highest BCUT2D eigenvalue weighted by molar-refractivity contribution is 5.67. The topological polar surface area (TPSA) is 280 Å². The summed E-state index contributed by atoms with van der Waals surface area (Å²) in [6.45, 7) is 32.5. The molecule has 0 bridgehead atoms. The first-order valence-corrected chi connectivity index (χ1v) is 51.0. The van der Waals surface area contributed by atoms with Gasteiger partial charge in [0.1, 0.15) is 69.0 Å². The van der Waals surface area contributed by atoms with E-state index < -0.39 is 16.8 Å². The standard InChI is InChI=1S/C28H34O2.C22H30O2.2C21H28O2.C20H18O2.C17H18O4.6CH4/c1-26(2,3)22-17-20(13-15-24(22)29)28(7,19-11-9-8-10-12-19)21-14-16-25(30)23(18-21)27(4,5)6;1-3-4-5-6-7-8-17-22(2,18-9-13-20(23)14-10-18)19-11-15-21(24)16-12-19;2*1-3-4-5-6-7-16-21(2,17-8-12-19(22)13-9-17)18-10-14-20(23)15-11-18;1-20(15-5-3-2-4-6-15,16-7-11-18(21)12-8-16)17-9-13-19(22)14-10-17;1-17(11-10-16(20)21,12-2-6-14(18)7-3-12)13-4-8-15(19)9-5-13;;;;;;/h8-18,29-30H,1-7H3;9-16,23-24H,3-8,17H2,1-2H3;2*8-15,22-23H,3-7,16H2,1-2H3;2-14,21-22H,1H3;2-9,18-19H,10-11H2,1H3,(H,20,21);6*1H4. The molecule has 0 heterocycles. The molecule has 14 rings (SSSR count). The lowest BCUT2D eigenvalue weighted by atomic mass is 9.68. The summed E-state index contributed by atoms with van der Waals surface area (Å²) >= 11 is 0. The van der Waals surface area contributed by atoms with Gasteiger partial charge < -0.3 is 66.4 Å². The minimum atomic E-state index is -0.848. The Morgan fingerprint density at radius 2 is 0.356 bits per heavy atom. The summed E-state index contributed by atoms with van der Waals surface area (Å²) in [5, 5.41) is 125. The van der Waals surface area contributed by atoms with Crippen molar-refractivity contribution in [3.8, 4) is 69.0 Å². The lowest BCUT2D eigenvalue weighted by molar-refractivity contribution is -0.137. The Morgan fingerprint density at radius 1 is 0.195 bits per heavy atom. The molecule has 0 atom stereocenters. The number of unbranched alkanes of at least 4 members (excludes halogenated alkanes) is 13. The molecule has 14 aromatic rings. The largest absolute Gasteiger partial charge is 0.508 e. The second-order valence-electron chi connectivity index (χ2n) is 41.5. The molecule has 0 spiro atoms. The van der Waals surface area contributed by atoms with Crippen molar-refractivity contribution in [1.82, 2.24) is 0 Å². The first-order valence-electron chi connectivity index (χ1n) is 51.0. The Labute approximate surface area is 895 Å². The number of carboxylic acids is 1. The molecule has 804 valence electrons. The third kappa shape index (κ3) is 36.0. The minimum absolute atomic E-state index is 0. The quantitative estimate of drug-likeness (QED) is 0.0129. The molecule has 149 heavy (non-hydrogen) atoms. The van der Waals surface area contributed by atoms with Gasteiger partial charge in [-0.05, 0) is 273 Å². The third-order valence-electron chi connectivity index (χ3n) is 28.8. The Balaban J connectivity index is 0.000000457. The van der Waals surface area contributed by atoms with Gasteiger partial charge >= 0.3 is 5.97 Å². The molecule has 0 aliphatic rings. The van der Waals surface area contributed by atoms with Gasteiger partial charge in [-0.25, -0.2) is 0 Å². The summed E-state index contributed by atoms with van der Waals surface area (Å²) < 4.78 is 0. The lowest BCUT2D eigenvalue weighted by Crippen LogP contribution is -2.27. The van der Waals surface area contributed by atoms with E-state index in [4.69, 9.17) is 5.11 Å². The lowest BCUT2D eigenvalue weighted by Gasteiger charge is -2.35. The van der Waals surface area contributed by atoms with E-state index in [-0.39, 0.29) is 106 Å². The second kappa shape index (κ2) is 60.6. The predicted molar refractivity (Wildman–Crippen MR) is 626 cm³/mol. The Bertz CT molecular complexity index is 5710. The zero-order valence-corrected chi connectivity index (χ0v) is 86.9. The number of aromatic hydroxyl groups is 12. The predicted octanol–water partition coefficient (Wildman–Crippen LogP) is 36.3. The van der Waals surface area contributed by atoms with Gasteiger partial charge in [0.15, 0.2) is 0 Å². The van der Waals surface area contributed by atoms with Crippen LogP contribution in [0.3, 0.4) is 0 Å². The van der Waals surface area contributed by atoms with Crippen LogP contribution >= 0.6 is 0 Å². The van der Waals surface area contributed by atoms with Crippen LogP contribution in [0.15, 0.2) is 340 Å². The zero-order valence-electron chi connectivity index (χ0n) is 86.9. The molecule has 0 fully saturated rings. The molecule has 13 N–H and O–H groups in total. The van der Waals surface area contributed by atoms with Crippen LogP contribution in [0.5, 0.6) is 69.0 Å². The third-order valence-corrected chi connectivity index (χ3v) is 28.8. The van der Waals surface area contributed by atoms with E-state index in [9.17, 15) is 66.1 Å².